The van der Waals surface area contributed by atoms with Crippen molar-refractivity contribution in [2.24, 2.45) is 0 Å². The van der Waals surface area contributed by atoms with Crippen LogP contribution in [0.15, 0.2) is 41.0 Å². The van der Waals surface area contributed by atoms with Gasteiger partial charge in [-0.15, -0.1) is 0 Å². The molecule has 20 heavy (non-hydrogen) atoms. The number of carbonyl (C=O) groups is 1. The molecule has 1 amide bonds. The molecule has 0 fully saturated rings. The molecule has 0 radical (unpaired) electrons. The molecule has 1 N–H and O–H groups in total. The van der Waals surface area contributed by atoms with Crippen molar-refractivity contribution in [3.05, 3.63) is 53.7 Å². The van der Waals surface area contributed by atoms with E-state index in [4.69, 9.17) is 9.15 Å². The van der Waals surface area contributed by atoms with Crippen molar-refractivity contribution < 1.29 is 18.3 Å². The van der Waals surface area contributed by atoms with E-state index < -0.39 is 11.9 Å². The second-order valence-electron chi connectivity index (χ2n) is 4.49. The highest BCUT2D eigenvalue weighted by Crippen LogP contribution is 2.19. The Morgan fingerprint density at radius 3 is 2.95 bits per heavy atom. The molecule has 0 saturated carbocycles. The third-order valence-corrected chi connectivity index (χ3v) is 2.78. The highest BCUT2D eigenvalue weighted by Gasteiger charge is 2.16. The maximum absolute atomic E-state index is 13.5. The predicted molar refractivity (Wildman–Crippen MR) is 71.8 cm³/mol. The average molecular weight is 277 g/mol. The molecule has 2 aromatic rings. The first-order chi connectivity index (χ1) is 9.56. The Bertz CT molecular complexity index is 581. The quantitative estimate of drug-likeness (QED) is 0.914. The van der Waals surface area contributed by atoms with Gasteiger partial charge in [0.2, 0.25) is 0 Å². The Balaban J connectivity index is 1.92. The van der Waals surface area contributed by atoms with E-state index in [1.165, 1.54) is 12.3 Å². The molecule has 1 aromatic heterocycles. The van der Waals surface area contributed by atoms with E-state index in [1.807, 2.05) is 6.92 Å². The third-order valence-electron chi connectivity index (χ3n) is 2.78. The zero-order valence-electron chi connectivity index (χ0n) is 11.4. The number of halogens is 1. The molecule has 0 bridgehead atoms. The number of hydrogen-bond donors (Lipinski definition) is 1. The molecule has 0 spiro atoms. The summed E-state index contributed by atoms with van der Waals surface area (Å²) in [6.07, 6.45) is 0.741. The van der Waals surface area contributed by atoms with Crippen LogP contribution >= 0.6 is 0 Å². The van der Waals surface area contributed by atoms with Gasteiger partial charge in [-0.2, -0.15) is 0 Å². The fourth-order valence-electron chi connectivity index (χ4n) is 1.68. The fourth-order valence-corrected chi connectivity index (χ4v) is 1.68. The molecule has 0 aliphatic rings. The third kappa shape index (κ3) is 3.60. The van der Waals surface area contributed by atoms with Crippen LogP contribution in [0.2, 0.25) is 0 Å². The molecule has 0 aliphatic heterocycles. The summed E-state index contributed by atoms with van der Waals surface area (Å²) in [7, 11) is 0. The molecule has 0 aliphatic carbocycles. The molecule has 1 heterocycles. The zero-order valence-corrected chi connectivity index (χ0v) is 11.4. The largest absolute Gasteiger partial charge is 0.478 e. The summed E-state index contributed by atoms with van der Waals surface area (Å²) in [5.74, 6) is -0.0958. The predicted octanol–water partition coefficient (Wildman–Crippen LogP) is 2.81. The molecule has 106 valence electrons. The summed E-state index contributed by atoms with van der Waals surface area (Å²) >= 11 is 0. The van der Waals surface area contributed by atoms with Gasteiger partial charge in [0, 0.05) is 0 Å². The SMILES string of the molecule is Cc1ccc(F)c(OC(C)C(=O)NCc2ccco2)c1. The molecular formula is C15H16FNO3. The van der Waals surface area contributed by atoms with Crippen LogP contribution in [0.3, 0.4) is 0 Å². The van der Waals surface area contributed by atoms with Gasteiger partial charge in [-0.05, 0) is 43.7 Å². The van der Waals surface area contributed by atoms with Gasteiger partial charge < -0.3 is 14.5 Å². The first-order valence-electron chi connectivity index (χ1n) is 6.29. The lowest BCUT2D eigenvalue weighted by Crippen LogP contribution is -2.36. The lowest BCUT2D eigenvalue weighted by molar-refractivity contribution is -0.127. The van der Waals surface area contributed by atoms with Crippen molar-refractivity contribution in [2.45, 2.75) is 26.5 Å². The number of rotatable bonds is 5. The molecule has 1 atom stereocenters. The Labute approximate surface area is 116 Å². The van der Waals surface area contributed by atoms with E-state index in [0.717, 1.165) is 5.56 Å². The van der Waals surface area contributed by atoms with Gasteiger partial charge in [0.25, 0.3) is 5.91 Å². The summed E-state index contributed by atoms with van der Waals surface area (Å²) in [4.78, 5) is 11.8. The minimum atomic E-state index is -0.790. The van der Waals surface area contributed by atoms with Gasteiger partial charge in [0.05, 0.1) is 12.8 Å². The minimum Gasteiger partial charge on any atom is -0.478 e. The van der Waals surface area contributed by atoms with Crippen LogP contribution in [0.5, 0.6) is 5.75 Å². The Morgan fingerprint density at radius 1 is 1.45 bits per heavy atom. The van der Waals surface area contributed by atoms with Crippen LogP contribution < -0.4 is 10.1 Å². The van der Waals surface area contributed by atoms with Crippen molar-refractivity contribution >= 4 is 5.91 Å². The second-order valence-corrected chi connectivity index (χ2v) is 4.49. The van der Waals surface area contributed by atoms with Crippen LogP contribution in [-0.2, 0) is 11.3 Å². The van der Waals surface area contributed by atoms with Crippen molar-refractivity contribution in [2.75, 3.05) is 0 Å². The summed E-state index contributed by atoms with van der Waals surface area (Å²) in [6.45, 7) is 3.67. The highest BCUT2D eigenvalue weighted by molar-refractivity contribution is 5.80. The average Bonchev–Trinajstić information content (AvgIpc) is 2.93. The van der Waals surface area contributed by atoms with Gasteiger partial charge in [-0.1, -0.05) is 6.07 Å². The Morgan fingerprint density at radius 2 is 2.25 bits per heavy atom. The van der Waals surface area contributed by atoms with Gasteiger partial charge in [-0.25, -0.2) is 4.39 Å². The standard InChI is InChI=1S/C15H16FNO3/c1-10-5-6-13(16)14(8-10)20-11(2)15(18)17-9-12-4-3-7-19-12/h3-8,11H,9H2,1-2H3,(H,17,18). The maximum Gasteiger partial charge on any atom is 0.261 e. The van der Waals surface area contributed by atoms with E-state index in [2.05, 4.69) is 5.32 Å². The van der Waals surface area contributed by atoms with Crippen molar-refractivity contribution in [3.8, 4) is 5.75 Å². The van der Waals surface area contributed by atoms with Gasteiger partial charge >= 0.3 is 0 Å². The van der Waals surface area contributed by atoms with Crippen LogP contribution in [-0.4, -0.2) is 12.0 Å². The lowest BCUT2D eigenvalue weighted by Gasteiger charge is -2.15. The Kier molecular flexibility index (Phi) is 4.40. The van der Waals surface area contributed by atoms with E-state index in [9.17, 15) is 9.18 Å². The summed E-state index contributed by atoms with van der Waals surface area (Å²) in [5, 5.41) is 2.66. The summed E-state index contributed by atoms with van der Waals surface area (Å²) < 4.78 is 24.0. The van der Waals surface area contributed by atoms with E-state index in [0.29, 0.717) is 5.76 Å². The number of furan rings is 1. The fraction of sp³-hybridized carbons (Fsp3) is 0.267. The van der Waals surface area contributed by atoms with Gasteiger partial charge in [0.15, 0.2) is 17.7 Å². The van der Waals surface area contributed by atoms with Crippen LogP contribution in [0.1, 0.15) is 18.2 Å². The summed E-state index contributed by atoms with van der Waals surface area (Å²) in [6, 6.07) is 8.02. The minimum absolute atomic E-state index is 0.0747. The lowest BCUT2D eigenvalue weighted by atomic mass is 10.2. The molecule has 4 nitrogen and oxygen atoms in total. The number of aryl methyl sites for hydroxylation is 1. The van der Waals surface area contributed by atoms with E-state index in [1.54, 1.807) is 31.2 Å². The second kappa shape index (κ2) is 6.23. The zero-order chi connectivity index (χ0) is 14.5. The van der Waals surface area contributed by atoms with Crippen molar-refractivity contribution in [1.29, 1.82) is 0 Å². The first kappa shape index (κ1) is 14.1. The molecular weight excluding hydrogens is 261 g/mol. The number of amides is 1. The Hall–Kier alpha value is -2.30. The highest BCUT2D eigenvalue weighted by atomic mass is 19.1. The van der Waals surface area contributed by atoms with Crippen LogP contribution in [0.4, 0.5) is 4.39 Å². The molecule has 1 aromatic carbocycles. The van der Waals surface area contributed by atoms with Crippen molar-refractivity contribution in [3.63, 3.8) is 0 Å². The first-order valence-corrected chi connectivity index (χ1v) is 6.29. The smallest absolute Gasteiger partial charge is 0.261 e. The molecule has 1 unspecified atom stereocenters. The van der Waals surface area contributed by atoms with E-state index in [-0.39, 0.29) is 18.2 Å². The molecule has 0 saturated heterocycles. The van der Waals surface area contributed by atoms with Gasteiger partial charge in [-0.3, -0.25) is 4.79 Å². The van der Waals surface area contributed by atoms with Crippen LogP contribution in [0.25, 0.3) is 0 Å². The van der Waals surface area contributed by atoms with E-state index >= 15 is 0 Å². The number of ether oxygens (including phenoxy) is 1. The van der Waals surface area contributed by atoms with Crippen molar-refractivity contribution in [1.82, 2.24) is 5.32 Å². The van der Waals surface area contributed by atoms with Crippen LogP contribution in [0, 0.1) is 12.7 Å². The number of carbonyl (C=O) groups excluding carboxylic acids is 1. The molecule has 2 rings (SSSR count). The van der Waals surface area contributed by atoms with Gasteiger partial charge in [0.1, 0.15) is 5.76 Å². The number of hydrogen-bond acceptors (Lipinski definition) is 3. The normalized spacial score (nSPS) is 11.9. The topological polar surface area (TPSA) is 51.5 Å². The number of nitrogens with one attached hydrogen (secondary N) is 1. The monoisotopic (exact) mass is 277 g/mol. The number of benzene rings is 1. The summed E-state index contributed by atoms with van der Waals surface area (Å²) in [5.41, 5.74) is 0.865. The molecule has 5 heteroatoms. The maximum atomic E-state index is 13.5.